The number of aryl methyl sites for hydroxylation is 1. The Hall–Kier alpha value is -3.95. The number of H-pyrrole nitrogens is 1. The van der Waals surface area contributed by atoms with E-state index in [4.69, 9.17) is 21.3 Å². The third-order valence-electron chi connectivity index (χ3n) is 8.27. The minimum absolute atomic E-state index is 0.0190. The van der Waals surface area contributed by atoms with Gasteiger partial charge in [-0.25, -0.2) is 4.98 Å². The van der Waals surface area contributed by atoms with Crippen LogP contribution in [-0.2, 0) is 6.42 Å². The number of aromatic nitrogens is 5. The molecule has 0 unspecified atom stereocenters. The predicted molar refractivity (Wildman–Crippen MR) is 165 cm³/mol. The second-order valence-corrected chi connectivity index (χ2v) is 11.6. The lowest BCUT2D eigenvalue weighted by molar-refractivity contribution is 0.414. The van der Waals surface area contributed by atoms with Crippen molar-refractivity contribution in [2.75, 3.05) is 13.7 Å². The van der Waals surface area contributed by atoms with E-state index in [2.05, 4.69) is 60.4 Å². The van der Waals surface area contributed by atoms with Crippen molar-refractivity contribution in [3.63, 3.8) is 0 Å². The molecule has 0 bridgehead atoms. The van der Waals surface area contributed by atoms with Crippen LogP contribution in [0.25, 0.3) is 16.7 Å². The first-order valence-corrected chi connectivity index (χ1v) is 14.4. The summed E-state index contributed by atoms with van der Waals surface area (Å²) >= 11 is 6.26. The molecule has 10 heteroatoms. The summed E-state index contributed by atoms with van der Waals surface area (Å²) in [5, 5.41) is 13.7. The van der Waals surface area contributed by atoms with Crippen LogP contribution in [0, 0.1) is 6.92 Å². The Morgan fingerprint density at radius 3 is 2.71 bits per heavy atom. The van der Waals surface area contributed by atoms with Crippen LogP contribution in [0.1, 0.15) is 53.6 Å². The Bertz CT molecular complexity index is 1790. The molecule has 0 spiro atoms. The number of rotatable bonds is 8. The number of ether oxygens (including phenoxy) is 1. The van der Waals surface area contributed by atoms with E-state index in [0.717, 1.165) is 88.9 Å². The number of aromatic amines is 1. The van der Waals surface area contributed by atoms with E-state index in [1.807, 2.05) is 45.1 Å². The molecule has 7 rings (SSSR count). The molecule has 0 amide bonds. The zero-order valence-electron chi connectivity index (χ0n) is 23.4. The molecule has 1 aliphatic carbocycles. The van der Waals surface area contributed by atoms with Crippen LogP contribution in [-0.4, -0.2) is 57.5 Å². The maximum Gasteiger partial charge on any atom is 0.186 e. The first-order valence-electron chi connectivity index (χ1n) is 14.1. The van der Waals surface area contributed by atoms with Crippen LogP contribution in [0.3, 0.4) is 0 Å². The van der Waals surface area contributed by atoms with E-state index in [9.17, 15) is 0 Å². The second-order valence-electron chi connectivity index (χ2n) is 11.2. The van der Waals surface area contributed by atoms with Crippen molar-refractivity contribution in [3.8, 4) is 11.4 Å². The average Bonchev–Trinajstić information content (AvgIpc) is 3.51. The van der Waals surface area contributed by atoms with E-state index in [0.29, 0.717) is 5.02 Å². The third kappa shape index (κ3) is 4.93. The zero-order valence-corrected chi connectivity index (χ0v) is 24.2. The quantitative estimate of drug-likeness (QED) is 0.278. The van der Waals surface area contributed by atoms with Gasteiger partial charge in [-0.3, -0.25) is 9.56 Å². The summed E-state index contributed by atoms with van der Waals surface area (Å²) < 4.78 is 7.77. The summed E-state index contributed by atoms with van der Waals surface area (Å²) in [6.45, 7) is 2.89. The lowest BCUT2D eigenvalue weighted by atomic mass is 9.99. The molecule has 206 valence electrons. The Morgan fingerprint density at radius 1 is 1.10 bits per heavy atom. The molecule has 1 atom stereocenters. The first kappa shape index (κ1) is 26.0. The van der Waals surface area contributed by atoms with E-state index in [1.165, 1.54) is 5.56 Å². The number of aliphatic imine (C=N–C) groups is 1. The van der Waals surface area contributed by atoms with E-state index >= 15 is 0 Å². The highest BCUT2D eigenvalue weighted by Gasteiger charge is 2.45. The molecular weight excluding hydrogens is 533 g/mol. The van der Waals surface area contributed by atoms with Gasteiger partial charge in [-0.1, -0.05) is 29.8 Å². The molecule has 5 aromatic rings. The number of methoxy groups -OCH3 is 1. The Labute approximate surface area is 244 Å². The van der Waals surface area contributed by atoms with E-state index in [-0.39, 0.29) is 11.6 Å². The zero-order chi connectivity index (χ0) is 28.1. The number of halogens is 1. The molecular formula is C31H31BClN7O. The summed E-state index contributed by atoms with van der Waals surface area (Å²) in [5.74, 6) is 2.48. The minimum Gasteiger partial charge on any atom is -0.497 e. The first-order chi connectivity index (χ1) is 19.9. The van der Waals surface area contributed by atoms with Crippen molar-refractivity contribution >= 4 is 41.9 Å². The highest BCUT2D eigenvalue weighted by atomic mass is 35.5. The number of hydrogen-bond acceptors (Lipinski definition) is 6. The summed E-state index contributed by atoms with van der Waals surface area (Å²) in [6.07, 6.45) is 4.00. The topological polar surface area (TPSA) is 93.0 Å². The van der Waals surface area contributed by atoms with Crippen LogP contribution in [0.2, 0.25) is 5.02 Å². The van der Waals surface area contributed by atoms with Crippen molar-refractivity contribution < 1.29 is 4.74 Å². The van der Waals surface area contributed by atoms with Crippen LogP contribution in [0.5, 0.6) is 5.75 Å². The van der Waals surface area contributed by atoms with Gasteiger partial charge in [-0.2, -0.15) is 0 Å². The van der Waals surface area contributed by atoms with Gasteiger partial charge in [0.2, 0.25) is 0 Å². The van der Waals surface area contributed by atoms with Crippen LogP contribution >= 0.6 is 11.6 Å². The normalized spacial score (nSPS) is 17.0. The van der Waals surface area contributed by atoms with E-state index in [1.54, 1.807) is 7.11 Å². The molecule has 1 fully saturated rings. The number of benzene rings is 3. The fraction of sp³-hybridized carbons (Fsp3) is 0.290. The number of nitrogens with zero attached hydrogens (tertiary/aromatic N) is 5. The molecule has 41 heavy (non-hydrogen) atoms. The number of nitrogens with one attached hydrogen (secondary N) is 2. The Morgan fingerprint density at radius 2 is 1.93 bits per heavy atom. The molecule has 1 aliphatic heterocycles. The van der Waals surface area contributed by atoms with E-state index < -0.39 is 0 Å². The maximum atomic E-state index is 6.26. The fourth-order valence-electron chi connectivity index (χ4n) is 5.96. The lowest BCUT2D eigenvalue weighted by Gasteiger charge is -2.22. The summed E-state index contributed by atoms with van der Waals surface area (Å²) in [5.41, 5.74) is 8.25. The van der Waals surface area contributed by atoms with Crippen molar-refractivity contribution in [3.05, 3.63) is 94.0 Å². The Kier molecular flexibility index (Phi) is 6.44. The van der Waals surface area contributed by atoms with Gasteiger partial charge in [0, 0.05) is 21.7 Å². The maximum absolute atomic E-state index is 6.26. The van der Waals surface area contributed by atoms with Crippen LogP contribution < -0.4 is 15.8 Å². The summed E-state index contributed by atoms with van der Waals surface area (Å²) in [6, 6.07) is 20.3. The van der Waals surface area contributed by atoms with Gasteiger partial charge in [0.15, 0.2) is 13.7 Å². The van der Waals surface area contributed by atoms with Gasteiger partial charge < -0.3 is 15.0 Å². The highest BCUT2D eigenvalue weighted by Crippen LogP contribution is 2.45. The molecule has 3 aromatic carbocycles. The van der Waals surface area contributed by atoms with Crippen LogP contribution in [0.4, 0.5) is 0 Å². The summed E-state index contributed by atoms with van der Waals surface area (Å²) in [4.78, 5) is 13.3. The van der Waals surface area contributed by atoms with Crippen molar-refractivity contribution in [1.82, 2.24) is 30.0 Å². The smallest absolute Gasteiger partial charge is 0.186 e. The minimum atomic E-state index is -0.168. The molecule has 2 aromatic heterocycles. The van der Waals surface area contributed by atoms with Crippen molar-refractivity contribution in [2.24, 2.45) is 4.99 Å². The molecule has 2 N–H and O–H groups in total. The number of hydrogen-bond donors (Lipinski definition) is 2. The molecule has 0 radical (unpaired) electrons. The molecule has 2 aliphatic rings. The van der Waals surface area contributed by atoms with Crippen molar-refractivity contribution in [1.29, 1.82) is 0 Å². The van der Waals surface area contributed by atoms with Gasteiger partial charge in [0.25, 0.3) is 0 Å². The lowest BCUT2D eigenvalue weighted by Crippen LogP contribution is -2.34. The van der Waals surface area contributed by atoms with Crippen molar-refractivity contribution in [2.45, 2.75) is 44.2 Å². The fourth-order valence-corrected chi connectivity index (χ4v) is 6.08. The van der Waals surface area contributed by atoms with Gasteiger partial charge in [-0.05, 0) is 87.2 Å². The molecule has 1 saturated carbocycles. The largest absolute Gasteiger partial charge is 0.497 e. The monoisotopic (exact) mass is 563 g/mol. The molecule has 3 heterocycles. The van der Waals surface area contributed by atoms with Crippen LogP contribution in [0.15, 0.2) is 65.7 Å². The summed E-state index contributed by atoms with van der Waals surface area (Å²) in [7, 11) is 3.68. The third-order valence-corrected chi connectivity index (χ3v) is 8.52. The second kappa shape index (κ2) is 10.2. The standard InChI is InChI=1S/C31H31BClN7O/c1-18-38-39-29-26(17-31(12-13-31)34-14-11-19-3-9-24-25(15-19)37-30(32)36-24)35-28(20-4-6-21(33)7-5-20)23-16-22(41-2)8-10-27(23)40(18)29/h3-10,15-16,26,34H,11-14,17,32H2,1-2H3,(H,36,37)/t26-/m0/s1. The molecule has 8 nitrogen and oxygen atoms in total. The SMILES string of the molecule is Bc1nc2cc(CCNC3(C[C@@H]4N=C(c5ccc(Cl)cc5)c5cc(OC)ccc5-n5c(C)nnc54)CC3)ccc2[nH]1. The number of imidazole rings is 1. The average molecular weight is 564 g/mol. The predicted octanol–water partition coefficient (Wildman–Crippen LogP) is 4.02. The van der Waals surface area contributed by atoms with Gasteiger partial charge >= 0.3 is 0 Å². The Balaban J connectivity index is 1.20. The molecule has 0 saturated heterocycles. The van der Waals surface area contributed by atoms with Gasteiger partial charge in [-0.15, -0.1) is 10.2 Å². The highest BCUT2D eigenvalue weighted by molar-refractivity contribution is 6.31. The van der Waals surface area contributed by atoms with Gasteiger partial charge in [0.1, 0.15) is 17.6 Å². The number of fused-ring (bicyclic) bond motifs is 4. The van der Waals surface area contributed by atoms with Gasteiger partial charge in [0.05, 0.1) is 35.3 Å².